The highest BCUT2D eigenvalue weighted by molar-refractivity contribution is 7.90. The molecule has 0 aliphatic rings. The quantitative estimate of drug-likeness (QED) is 0.805. The Kier molecular flexibility index (Phi) is 6.98. The minimum atomic E-state index is -3.89. The Morgan fingerprint density at radius 3 is 2.57 bits per heavy atom. The average molecular weight is 333 g/mol. The van der Waals surface area contributed by atoms with Gasteiger partial charge in [0.1, 0.15) is 0 Å². The van der Waals surface area contributed by atoms with Crippen LogP contribution in [0.25, 0.3) is 0 Å². The van der Waals surface area contributed by atoms with Gasteiger partial charge in [0.2, 0.25) is 0 Å². The summed E-state index contributed by atoms with van der Waals surface area (Å²) in [6.45, 7) is 4.33. The molecule has 0 atom stereocenters. The number of urea groups is 1. The highest BCUT2D eigenvalue weighted by Gasteiger charge is 2.21. The summed E-state index contributed by atoms with van der Waals surface area (Å²) in [6, 6.07) is 3.86. The molecular weight excluding hydrogens is 312 g/mol. The Morgan fingerprint density at radius 2 is 1.95 bits per heavy atom. The Hall–Kier alpha value is -1.27. The third kappa shape index (κ3) is 5.55. The molecule has 118 valence electrons. The van der Waals surface area contributed by atoms with E-state index in [0.717, 1.165) is 19.3 Å². The second-order valence-corrected chi connectivity index (χ2v) is 6.80. The van der Waals surface area contributed by atoms with Crippen molar-refractivity contribution in [3.05, 3.63) is 28.8 Å². The lowest BCUT2D eigenvalue weighted by Gasteiger charge is -2.12. The molecule has 0 spiro atoms. The predicted octanol–water partition coefficient (Wildman–Crippen LogP) is 3.08. The average Bonchev–Trinajstić information content (AvgIpc) is 2.42. The molecule has 0 unspecified atom stereocenters. The number of amides is 2. The molecule has 0 radical (unpaired) electrons. The van der Waals surface area contributed by atoms with E-state index < -0.39 is 16.1 Å². The van der Waals surface area contributed by atoms with Crippen LogP contribution >= 0.6 is 11.6 Å². The highest BCUT2D eigenvalue weighted by Crippen LogP contribution is 2.22. The summed E-state index contributed by atoms with van der Waals surface area (Å²) in [5.74, 6) is 0. The number of aryl methyl sites for hydroxylation is 1. The molecule has 0 aliphatic carbocycles. The molecule has 0 bridgehead atoms. The summed E-state index contributed by atoms with van der Waals surface area (Å²) in [7, 11) is -3.89. The summed E-state index contributed by atoms with van der Waals surface area (Å²) < 4.78 is 26.6. The van der Waals surface area contributed by atoms with Crippen molar-refractivity contribution in [3.8, 4) is 0 Å². The zero-order valence-electron chi connectivity index (χ0n) is 12.3. The molecular formula is C14H21ClN2O3S. The minimum absolute atomic E-state index is 0.104. The molecule has 0 aliphatic heterocycles. The Bertz CT molecular complexity index is 588. The van der Waals surface area contributed by atoms with Crippen LogP contribution in [0.15, 0.2) is 23.1 Å². The fourth-order valence-corrected chi connectivity index (χ4v) is 3.20. The van der Waals surface area contributed by atoms with Crippen LogP contribution in [0.5, 0.6) is 0 Å². The van der Waals surface area contributed by atoms with Gasteiger partial charge in [-0.25, -0.2) is 17.9 Å². The van der Waals surface area contributed by atoms with E-state index in [1.165, 1.54) is 12.1 Å². The van der Waals surface area contributed by atoms with E-state index in [-0.39, 0.29) is 4.90 Å². The lowest BCUT2D eigenvalue weighted by atomic mass is 10.1. The lowest BCUT2D eigenvalue weighted by molar-refractivity contribution is 0.246. The number of hydrogen-bond donors (Lipinski definition) is 2. The minimum Gasteiger partial charge on any atom is -0.337 e. The van der Waals surface area contributed by atoms with Crippen molar-refractivity contribution >= 4 is 27.7 Å². The third-order valence-electron chi connectivity index (χ3n) is 2.87. The van der Waals surface area contributed by atoms with Gasteiger partial charge in [0, 0.05) is 11.6 Å². The smallest absolute Gasteiger partial charge is 0.328 e. The van der Waals surface area contributed by atoms with Gasteiger partial charge in [-0.3, -0.25) is 0 Å². The maximum absolute atomic E-state index is 12.3. The van der Waals surface area contributed by atoms with Gasteiger partial charge in [0.15, 0.2) is 0 Å². The van der Waals surface area contributed by atoms with Crippen molar-refractivity contribution in [3.63, 3.8) is 0 Å². The van der Waals surface area contributed by atoms with Crippen LogP contribution in [0.2, 0.25) is 5.02 Å². The van der Waals surface area contributed by atoms with Crippen LogP contribution in [-0.4, -0.2) is 21.0 Å². The molecule has 7 heteroatoms. The van der Waals surface area contributed by atoms with E-state index in [9.17, 15) is 13.2 Å². The second kappa shape index (κ2) is 8.24. The molecule has 1 rings (SSSR count). The SMILES string of the molecule is CCCCc1cc(Cl)ccc1S(=O)(=O)NC(=O)NCCC. The molecule has 2 N–H and O–H groups in total. The van der Waals surface area contributed by atoms with E-state index >= 15 is 0 Å². The zero-order chi connectivity index (χ0) is 15.9. The topological polar surface area (TPSA) is 75.3 Å². The van der Waals surface area contributed by atoms with Gasteiger partial charge < -0.3 is 5.32 Å². The molecule has 0 fully saturated rings. The van der Waals surface area contributed by atoms with E-state index in [1.54, 1.807) is 6.07 Å². The first kappa shape index (κ1) is 17.8. The Morgan fingerprint density at radius 1 is 1.24 bits per heavy atom. The molecule has 2 amide bonds. The lowest BCUT2D eigenvalue weighted by Crippen LogP contribution is -2.39. The molecule has 21 heavy (non-hydrogen) atoms. The first-order valence-electron chi connectivity index (χ1n) is 6.99. The second-order valence-electron chi connectivity index (χ2n) is 4.72. The monoisotopic (exact) mass is 332 g/mol. The third-order valence-corrected chi connectivity index (χ3v) is 4.54. The summed E-state index contributed by atoms with van der Waals surface area (Å²) in [6.07, 6.45) is 3.13. The Balaban J connectivity index is 2.98. The highest BCUT2D eigenvalue weighted by atomic mass is 35.5. The molecule has 0 heterocycles. The molecule has 5 nitrogen and oxygen atoms in total. The number of nitrogens with one attached hydrogen (secondary N) is 2. The van der Waals surface area contributed by atoms with Crippen LogP contribution in [0, 0.1) is 0 Å². The zero-order valence-corrected chi connectivity index (χ0v) is 13.9. The molecule has 0 saturated heterocycles. The van der Waals surface area contributed by atoms with E-state index in [4.69, 9.17) is 11.6 Å². The van der Waals surface area contributed by atoms with Crippen LogP contribution in [-0.2, 0) is 16.4 Å². The largest absolute Gasteiger partial charge is 0.337 e. The normalized spacial score (nSPS) is 11.2. The van der Waals surface area contributed by atoms with Crippen molar-refractivity contribution in [1.82, 2.24) is 10.0 Å². The first-order valence-corrected chi connectivity index (χ1v) is 8.86. The summed E-state index contributed by atoms with van der Waals surface area (Å²) >= 11 is 5.93. The fraction of sp³-hybridized carbons (Fsp3) is 0.500. The molecule has 0 aromatic heterocycles. The van der Waals surface area contributed by atoms with Gasteiger partial charge in [-0.05, 0) is 43.0 Å². The van der Waals surface area contributed by atoms with E-state index in [0.29, 0.717) is 23.6 Å². The number of rotatable bonds is 7. The first-order chi connectivity index (χ1) is 9.90. The van der Waals surface area contributed by atoms with Crippen LogP contribution < -0.4 is 10.0 Å². The standard InChI is InChI=1S/C14H21ClN2O3S/c1-3-5-6-11-10-12(15)7-8-13(11)21(19,20)17-14(18)16-9-4-2/h7-8,10H,3-6,9H2,1-2H3,(H2,16,17,18). The van der Waals surface area contributed by atoms with Crippen molar-refractivity contribution in [2.24, 2.45) is 0 Å². The maximum Gasteiger partial charge on any atom is 0.328 e. The van der Waals surface area contributed by atoms with E-state index in [2.05, 4.69) is 5.32 Å². The van der Waals surface area contributed by atoms with Gasteiger partial charge in [-0.2, -0.15) is 0 Å². The van der Waals surface area contributed by atoms with E-state index in [1.807, 2.05) is 18.6 Å². The molecule has 0 saturated carbocycles. The number of hydrogen-bond acceptors (Lipinski definition) is 3. The van der Waals surface area contributed by atoms with Crippen molar-refractivity contribution in [2.75, 3.05) is 6.54 Å². The number of carbonyl (C=O) groups excluding carboxylic acids is 1. The van der Waals surface area contributed by atoms with Crippen LogP contribution in [0.3, 0.4) is 0 Å². The predicted molar refractivity (Wildman–Crippen MR) is 84.1 cm³/mol. The van der Waals surface area contributed by atoms with Gasteiger partial charge >= 0.3 is 6.03 Å². The van der Waals surface area contributed by atoms with Crippen molar-refractivity contribution in [1.29, 1.82) is 0 Å². The van der Waals surface area contributed by atoms with Gasteiger partial charge in [0.05, 0.1) is 4.90 Å². The van der Waals surface area contributed by atoms with Gasteiger partial charge in [-0.1, -0.05) is 31.9 Å². The van der Waals surface area contributed by atoms with Gasteiger partial charge in [0.25, 0.3) is 10.0 Å². The van der Waals surface area contributed by atoms with Crippen LogP contribution in [0.4, 0.5) is 4.79 Å². The fourth-order valence-electron chi connectivity index (χ4n) is 1.82. The number of sulfonamides is 1. The summed E-state index contributed by atoms with van der Waals surface area (Å²) in [4.78, 5) is 11.7. The number of carbonyl (C=O) groups is 1. The van der Waals surface area contributed by atoms with Crippen molar-refractivity contribution < 1.29 is 13.2 Å². The number of benzene rings is 1. The number of halogens is 1. The summed E-state index contributed by atoms with van der Waals surface area (Å²) in [5, 5.41) is 2.96. The summed E-state index contributed by atoms with van der Waals surface area (Å²) in [5.41, 5.74) is 0.625. The maximum atomic E-state index is 12.3. The van der Waals surface area contributed by atoms with Gasteiger partial charge in [-0.15, -0.1) is 0 Å². The number of unbranched alkanes of at least 4 members (excludes halogenated alkanes) is 1. The van der Waals surface area contributed by atoms with Crippen LogP contribution in [0.1, 0.15) is 38.7 Å². The molecule has 1 aromatic carbocycles. The van der Waals surface area contributed by atoms with Crippen molar-refractivity contribution in [2.45, 2.75) is 44.4 Å². The molecule has 1 aromatic rings. The Labute approximate surface area is 131 Å².